The zero-order valence-corrected chi connectivity index (χ0v) is 11.7. The maximum Gasteiger partial charge on any atom is 0.265 e. The molecule has 0 bridgehead atoms. The molecule has 0 saturated carbocycles. The number of carbonyl (C=O) groups is 1. The number of aliphatic hydroxyl groups is 1. The van der Waals surface area contributed by atoms with Crippen molar-refractivity contribution in [3.8, 4) is 0 Å². The normalized spacial score (nSPS) is 13.3. The van der Waals surface area contributed by atoms with E-state index in [1.165, 1.54) is 18.2 Å². The van der Waals surface area contributed by atoms with Gasteiger partial charge in [0.25, 0.3) is 12.3 Å². The predicted octanol–water partition coefficient (Wildman–Crippen LogP) is 0.754. The summed E-state index contributed by atoms with van der Waals surface area (Å²) in [5.74, 6) is -0.715. The summed E-state index contributed by atoms with van der Waals surface area (Å²) in [6.07, 6.45) is -3.92. The fourth-order valence-corrected chi connectivity index (χ4v) is 2.11. The lowest BCUT2D eigenvalue weighted by Crippen LogP contribution is -2.36. The Morgan fingerprint density at radius 2 is 2.00 bits per heavy atom. The molecule has 5 nitrogen and oxygen atoms in total. The molecule has 1 rings (SSSR count). The number of rotatable bonds is 5. The number of aliphatic hydroxyl groups excluding tert-OH is 1. The van der Waals surface area contributed by atoms with Gasteiger partial charge in [0.1, 0.15) is 6.10 Å². The van der Waals surface area contributed by atoms with E-state index >= 15 is 0 Å². The molecule has 1 unspecified atom stereocenters. The molecule has 0 aromatic heterocycles. The third-order valence-electron chi connectivity index (χ3n) is 2.64. The second-order valence-corrected chi connectivity index (χ2v) is 6.38. The van der Waals surface area contributed by atoms with E-state index in [9.17, 15) is 22.0 Å². The molecule has 0 aliphatic heterocycles. The van der Waals surface area contributed by atoms with Crippen LogP contribution in [0.4, 0.5) is 8.78 Å². The van der Waals surface area contributed by atoms with Gasteiger partial charge in [-0.05, 0) is 24.6 Å². The molecule has 0 fully saturated rings. The van der Waals surface area contributed by atoms with Gasteiger partial charge in [-0.2, -0.15) is 0 Å². The van der Waals surface area contributed by atoms with Gasteiger partial charge >= 0.3 is 0 Å². The van der Waals surface area contributed by atoms with Crippen molar-refractivity contribution in [1.29, 1.82) is 0 Å². The van der Waals surface area contributed by atoms with E-state index < -0.39 is 34.8 Å². The van der Waals surface area contributed by atoms with Crippen LogP contribution in [0.1, 0.15) is 15.9 Å². The van der Waals surface area contributed by atoms with Crippen LogP contribution in [0.15, 0.2) is 23.1 Å². The Labute approximate surface area is 115 Å². The molecule has 1 amide bonds. The first-order chi connectivity index (χ1) is 9.12. The molecule has 112 valence electrons. The number of hydrogen-bond acceptors (Lipinski definition) is 4. The second-order valence-electron chi connectivity index (χ2n) is 4.36. The van der Waals surface area contributed by atoms with Crippen molar-refractivity contribution < 1.29 is 27.1 Å². The highest BCUT2D eigenvalue weighted by atomic mass is 32.2. The van der Waals surface area contributed by atoms with Crippen molar-refractivity contribution >= 4 is 15.7 Å². The number of nitrogens with one attached hydrogen (secondary N) is 1. The highest BCUT2D eigenvalue weighted by molar-refractivity contribution is 7.90. The summed E-state index contributed by atoms with van der Waals surface area (Å²) in [7, 11) is -3.47. The first-order valence-electron chi connectivity index (χ1n) is 5.68. The predicted molar refractivity (Wildman–Crippen MR) is 68.6 cm³/mol. The van der Waals surface area contributed by atoms with Crippen LogP contribution in [0.3, 0.4) is 0 Å². The van der Waals surface area contributed by atoms with Gasteiger partial charge in [0.15, 0.2) is 9.84 Å². The Bertz CT molecular complexity index is 601. The molecule has 0 spiro atoms. The Morgan fingerprint density at radius 1 is 1.40 bits per heavy atom. The highest BCUT2D eigenvalue weighted by Gasteiger charge is 2.19. The Morgan fingerprint density at radius 3 is 2.50 bits per heavy atom. The molecular weight excluding hydrogens is 292 g/mol. The molecule has 2 N–H and O–H groups in total. The van der Waals surface area contributed by atoms with E-state index in [2.05, 4.69) is 5.32 Å². The van der Waals surface area contributed by atoms with E-state index in [1.54, 1.807) is 6.92 Å². The minimum atomic E-state index is -3.47. The molecule has 1 aromatic rings. The Kier molecular flexibility index (Phi) is 5.18. The zero-order chi connectivity index (χ0) is 15.5. The number of carbonyl (C=O) groups excluding carboxylic acids is 1. The summed E-state index contributed by atoms with van der Waals surface area (Å²) in [6, 6.07) is 3.99. The zero-order valence-electron chi connectivity index (χ0n) is 10.9. The third kappa shape index (κ3) is 4.24. The van der Waals surface area contributed by atoms with Crippen LogP contribution in [0.5, 0.6) is 0 Å². The van der Waals surface area contributed by atoms with Crippen LogP contribution in [-0.4, -0.2) is 44.8 Å². The Hall–Kier alpha value is -1.54. The number of aryl methyl sites for hydroxylation is 1. The molecule has 0 aliphatic carbocycles. The summed E-state index contributed by atoms with van der Waals surface area (Å²) >= 11 is 0. The number of alkyl halides is 2. The van der Waals surface area contributed by atoms with Crippen molar-refractivity contribution in [2.24, 2.45) is 0 Å². The molecule has 0 aliphatic rings. The summed E-state index contributed by atoms with van der Waals surface area (Å²) in [5.41, 5.74) is 0.566. The lowest BCUT2D eigenvalue weighted by atomic mass is 10.1. The smallest absolute Gasteiger partial charge is 0.265 e. The van der Waals surface area contributed by atoms with Crippen LogP contribution < -0.4 is 5.32 Å². The topological polar surface area (TPSA) is 83.5 Å². The SMILES string of the molecule is Cc1ccc(S(C)(=O)=O)cc1C(=O)NCC(O)C(F)F. The van der Waals surface area contributed by atoms with Gasteiger partial charge < -0.3 is 10.4 Å². The van der Waals surface area contributed by atoms with E-state index in [0.29, 0.717) is 5.56 Å². The summed E-state index contributed by atoms with van der Waals surface area (Å²) in [4.78, 5) is 11.8. The van der Waals surface area contributed by atoms with Crippen molar-refractivity contribution in [3.63, 3.8) is 0 Å². The van der Waals surface area contributed by atoms with Crippen LogP contribution >= 0.6 is 0 Å². The number of benzene rings is 1. The van der Waals surface area contributed by atoms with E-state index in [0.717, 1.165) is 6.26 Å². The van der Waals surface area contributed by atoms with Crippen LogP contribution in [-0.2, 0) is 9.84 Å². The molecule has 0 radical (unpaired) electrons. The Balaban J connectivity index is 2.93. The van der Waals surface area contributed by atoms with Gasteiger partial charge in [-0.3, -0.25) is 4.79 Å². The first-order valence-corrected chi connectivity index (χ1v) is 7.57. The average Bonchev–Trinajstić information content (AvgIpc) is 2.34. The van der Waals surface area contributed by atoms with Crippen molar-refractivity contribution in [1.82, 2.24) is 5.32 Å². The number of sulfone groups is 1. The fraction of sp³-hybridized carbons (Fsp3) is 0.417. The fourth-order valence-electron chi connectivity index (χ4n) is 1.46. The second kappa shape index (κ2) is 6.27. The molecule has 1 aromatic carbocycles. The van der Waals surface area contributed by atoms with Gasteiger partial charge in [-0.25, -0.2) is 17.2 Å². The van der Waals surface area contributed by atoms with Crippen molar-refractivity contribution in [2.45, 2.75) is 24.3 Å². The summed E-state index contributed by atoms with van der Waals surface area (Å²) < 4.78 is 47.0. The summed E-state index contributed by atoms with van der Waals surface area (Å²) in [6.45, 7) is 0.976. The monoisotopic (exact) mass is 307 g/mol. The molecule has 8 heteroatoms. The standard InChI is InChI=1S/C12H15F2NO4S/c1-7-3-4-8(20(2,18)19)5-9(7)12(17)15-6-10(16)11(13)14/h3-5,10-11,16H,6H2,1-2H3,(H,15,17). The summed E-state index contributed by atoms with van der Waals surface area (Å²) in [5, 5.41) is 11.1. The molecule has 0 heterocycles. The van der Waals surface area contributed by atoms with Gasteiger partial charge in [-0.15, -0.1) is 0 Å². The lowest BCUT2D eigenvalue weighted by Gasteiger charge is -2.12. The maximum absolute atomic E-state index is 12.1. The largest absolute Gasteiger partial charge is 0.385 e. The van der Waals surface area contributed by atoms with Crippen LogP contribution in [0.2, 0.25) is 0 Å². The van der Waals surface area contributed by atoms with E-state index in [-0.39, 0.29) is 10.5 Å². The average molecular weight is 307 g/mol. The first kappa shape index (κ1) is 16.5. The van der Waals surface area contributed by atoms with Crippen LogP contribution in [0.25, 0.3) is 0 Å². The molecule has 20 heavy (non-hydrogen) atoms. The third-order valence-corrected chi connectivity index (χ3v) is 3.75. The van der Waals surface area contributed by atoms with Gasteiger partial charge in [0.2, 0.25) is 0 Å². The number of hydrogen-bond donors (Lipinski definition) is 2. The highest BCUT2D eigenvalue weighted by Crippen LogP contribution is 2.15. The quantitative estimate of drug-likeness (QED) is 0.841. The minimum absolute atomic E-state index is 0.0392. The number of halogens is 2. The van der Waals surface area contributed by atoms with Crippen molar-refractivity contribution in [3.05, 3.63) is 29.3 Å². The van der Waals surface area contributed by atoms with Crippen LogP contribution in [0, 0.1) is 6.92 Å². The molecular formula is C12H15F2NO4S. The number of amides is 1. The van der Waals surface area contributed by atoms with Crippen molar-refractivity contribution in [2.75, 3.05) is 12.8 Å². The molecule has 0 saturated heterocycles. The minimum Gasteiger partial charge on any atom is -0.385 e. The lowest BCUT2D eigenvalue weighted by molar-refractivity contribution is -0.00270. The van der Waals surface area contributed by atoms with Gasteiger partial charge in [-0.1, -0.05) is 6.07 Å². The van der Waals surface area contributed by atoms with Gasteiger partial charge in [0.05, 0.1) is 4.90 Å². The van der Waals surface area contributed by atoms with Gasteiger partial charge in [0, 0.05) is 18.4 Å². The maximum atomic E-state index is 12.1. The molecule has 1 atom stereocenters. The van der Waals surface area contributed by atoms with E-state index in [1.807, 2.05) is 0 Å². The van der Waals surface area contributed by atoms with E-state index in [4.69, 9.17) is 5.11 Å².